The molecule has 0 heterocycles. The number of anilines is 1. The monoisotopic (exact) mass is 299 g/mol. The zero-order chi connectivity index (χ0) is 15.1. The van der Waals surface area contributed by atoms with Crippen molar-refractivity contribution < 1.29 is 19.1 Å². The molecule has 1 aromatic carbocycles. The third-order valence-corrected chi connectivity index (χ3v) is 2.56. The Balaban J connectivity index is 2.88. The van der Waals surface area contributed by atoms with Crippen LogP contribution in [0, 0.1) is 0 Å². The SMILES string of the molecule is CCC(=O)OCN(C(=O)OC(C)C)c1cccc(Cl)c1. The number of carbonyl (C=O) groups is 2. The summed E-state index contributed by atoms with van der Waals surface area (Å²) < 4.78 is 10.1. The van der Waals surface area contributed by atoms with E-state index in [1.807, 2.05) is 0 Å². The van der Waals surface area contributed by atoms with Gasteiger partial charge in [0.25, 0.3) is 0 Å². The van der Waals surface area contributed by atoms with Crippen LogP contribution in [0.25, 0.3) is 0 Å². The van der Waals surface area contributed by atoms with E-state index in [2.05, 4.69) is 0 Å². The van der Waals surface area contributed by atoms with Gasteiger partial charge in [0.1, 0.15) is 0 Å². The standard InChI is InChI=1S/C14H18ClNO4/c1-4-13(17)19-9-16(14(18)20-10(2)3)12-7-5-6-11(15)8-12/h5-8,10H,4,9H2,1-3H3. The molecule has 0 aliphatic heterocycles. The van der Waals surface area contributed by atoms with E-state index in [1.54, 1.807) is 45.0 Å². The number of hydrogen-bond donors (Lipinski definition) is 0. The highest BCUT2D eigenvalue weighted by molar-refractivity contribution is 6.30. The van der Waals surface area contributed by atoms with Gasteiger partial charge in [0.15, 0.2) is 6.73 Å². The zero-order valence-corrected chi connectivity index (χ0v) is 12.5. The van der Waals surface area contributed by atoms with Crippen LogP contribution >= 0.6 is 11.6 Å². The molecule has 0 aliphatic rings. The lowest BCUT2D eigenvalue weighted by molar-refractivity contribution is -0.143. The first-order chi connectivity index (χ1) is 9.43. The van der Waals surface area contributed by atoms with Crippen molar-refractivity contribution in [3.05, 3.63) is 29.3 Å². The number of nitrogens with zero attached hydrogens (tertiary/aromatic N) is 1. The predicted molar refractivity (Wildman–Crippen MR) is 76.8 cm³/mol. The van der Waals surface area contributed by atoms with Crippen LogP contribution in [-0.4, -0.2) is 24.9 Å². The summed E-state index contributed by atoms with van der Waals surface area (Å²) in [5.41, 5.74) is 0.507. The molecule has 0 bridgehead atoms. The maximum atomic E-state index is 12.0. The minimum atomic E-state index is -0.592. The second-order valence-electron chi connectivity index (χ2n) is 4.34. The van der Waals surface area contributed by atoms with Gasteiger partial charge in [0.05, 0.1) is 11.8 Å². The van der Waals surface area contributed by atoms with Gasteiger partial charge in [-0.1, -0.05) is 24.6 Å². The Morgan fingerprint density at radius 3 is 2.60 bits per heavy atom. The molecule has 0 N–H and O–H groups in total. The van der Waals surface area contributed by atoms with E-state index >= 15 is 0 Å². The van der Waals surface area contributed by atoms with Gasteiger partial charge in [-0.05, 0) is 32.0 Å². The van der Waals surface area contributed by atoms with Crippen LogP contribution in [0.4, 0.5) is 10.5 Å². The molecule has 6 heteroatoms. The van der Waals surface area contributed by atoms with Gasteiger partial charge in [-0.2, -0.15) is 0 Å². The van der Waals surface area contributed by atoms with E-state index in [0.29, 0.717) is 10.7 Å². The van der Waals surface area contributed by atoms with Gasteiger partial charge >= 0.3 is 12.1 Å². The lowest BCUT2D eigenvalue weighted by Crippen LogP contribution is -2.36. The summed E-state index contributed by atoms with van der Waals surface area (Å²) in [4.78, 5) is 24.5. The van der Waals surface area contributed by atoms with Gasteiger partial charge in [-0.15, -0.1) is 0 Å². The number of benzene rings is 1. The molecule has 110 valence electrons. The average Bonchev–Trinajstić information content (AvgIpc) is 2.37. The molecule has 0 spiro atoms. The summed E-state index contributed by atoms with van der Waals surface area (Å²) in [7, 11) is 0. The first-order valence-corrected chi connectivity index (χ1v) is 6.71. The Kier molecular flexibility index (Phi) is 6.31. The van der Waals surface area contributed by atoms with Crippen LogP contribution in [0.2, 0.25) is 5.02 Å². The number of esters is 1. The summed E-state index contributed by atoms with van der Waals surface area (Å²) in [5, 5.41) is 0.478. The molecule has 0 atom stereocenters. The first kappa shape index (κ1) is 16.3. The topological polar surface area (TPSA) is 55.8 Å². The molecule has 0 saturated heterocycles. The van der Waals surface area contributed by atoms with E-state index in [-0.39, 0.29) is 19.3 Å². The van der Waals surface area contributed by atoms with Crippen molar-refractivity contribution in [2.24, 2.45) is 0 Å². The molecule has 0 radical (unpaired) electrons. The van der Waals surface area contributed by atoms with E-state index < -0.39 is 12.1 Å². The minimum Gasteiger partial charge on any atom is -0.446 e. The number of ether oxygens (including phenoxy) is 2. The van der Waals surface area contributed by atoms with Gasteiger partial charge in [-0.25, -0.2) is 9.69 Å². The zero-order valence-electron chi connectivity index (χ0n) is 11.8. The van der Waals surface area contributed by atoms with Crippen molar-refractivity contribution in [1.82, 2.24) is 0 Å². The molecule has 0 saturated carbocycles. The molecular formula is C14H18ClNO4. The van der Waals surface area contributed by atoms with Crippen molar-refractivity contribution in [2.45, 2.75) is 33.3 Å². The van der Waals surface area contributed by atoms with E-state index in [9.17, 15) is 9.59 Å². The fraction of sp³-hybridized carbons (Fsp3) is 0.429. The van der Waals surface area contributed by atoms with Crippen LogP contribution in [-0.2, 0) is 14.3 Å². The lowest BCUT2D eigenvalue weighted by atomic mass is 10.3. The maximum Gasteiger partial charge on any atom is 0.417 e. The summed E-state index contributed by atoms with van der Waals surface area (Å²) >= 11 is 5.90. The highest BCUT2D eigenvalue weighted by Gasteiger charge is 2.20. The normalized spacial score (nSPS) is 10.2. The van der Waals surface area contributed by atoms with Crippen LogP contribution in [0.5, 0.6) is 0 Å². The van der Waals surface area contributed by atoms with Crippen molar-refractivity contribution in [3.8, 4) is 0 Å². The molecular weight excluding hydrogens is 282 g/mol. The van der Waals surface area contributed by atoms with Crippen molar-refractivity contribution in [1.29, 1.82) is 0 Å². The molecule has 0 fully saturated rings. The highest BCUT2D eigenvalue weighted by atomic mass is 35.5. The fourth-order valence-electron chi connectivity index (χ4n) is 1.38. The van der Waals surface area contributed by atoms with E-state index in [4.69, 9.17) is 21.1 Å². The smallest absolute Gasteiger partial charge is 0.417 e. The number of hydrogen-bond acceptors (Lipinski definition) is 4. The van der Waals surface area contributed by atoms with Crippen LogP contribution < -0.4 is 4.90 Å². The summed E-state index contributed by atoms with van der Waals surface area (Å²) in [6.07, 6.45) is -0.625. The third kappa shape index (κ3) is 5.09. The predicted octanol–water partition coefficient (Wildman–Crippen LogP) is 3.60. The number of rotatable bonds is 5. The van der Waals surface area contributed by atoms with E-state index in [1.165, 1.54) is 4.90 Å². The highest BCUT2D eigenvalue weighted by Crippen LogP contribution is 2.20. The van der Waals surface area contributed by atoms with Gasteiger partial charge < -0.3 is 9.47 Å². The van der Waals surface area contributed by atoms with Crippen molar-refractivity contribution in [3.63, 3.8) is 0 Å². The third-order valence-electron chi connectivity index (χ3n) is 2.32. The number of carbonyl (C=O) groups excluding carboxylic acids is 2. The lowest BCUT2D eigenvalue weighted by Gasteiger charge is -2.23. The summed E-state index contributed by atoms with van der Waals surface area (Å²) in [6, 6.07) is 6.68. The maximum absolute atomic E-state index is 12.0. The molecule has 1 aromatic rings. The molecule has 1 rings (SSSR count). The largest absolute Gasteiger partial charge is 0.446 e. The molecule has 1 amide bonds. The Bertz CT molecular complexity index is 476. The second kappa shape index (κ2) is 7.75. The molecule has 0 aliphatic carbocycles. The quantitative estimate of drug-likeness (QED) is 0.616. The Hall–Kier alpha value is -1.75. The first-order valence-electron chi connectivity index (χ1n) is 6.33. The van der Waals surface area contributed by atoms with Crippen LogP contribution in [0.15, 0.2) is 24.3 Å². The van der Waals surface area contributed by atoms with Crippen LogP contribution in [0.1, 0.15) is 27.2 Å². The molecule has 20 heavy (non-hydrogen) atoms. The van der Waals surface area contributed by atoms with Crippen molar-refractivity contribution in [2.75, 3.05) is 11.6 Å². The summed E-state index contributed by atoms with van der Waals surface area (Å²) in [6.45, 7) is 4.95. The molecule has 0 unspecified atom stereocenters. The number of halogens is 1. The fourth-order valence-corrected chi connectivity index (χ4v) is 1.57. The number of amides is 1. The van der Waals surface area contributed by atoms with Crippen molar-refractivity contribution >= 4 is 29.4 Å². The Morgan fingerprint density at radius 2 is 2.05 bits per heavy atom. The Labute approximate surface area is 123 Å². The van der Waals surface area contributed by atoms with Gasteiger partial charge in [0, 0.05) is 11.4 Å². The van der Waals surface area contributed by atoms with Gasteiger partial charge in [0.2, 0.25) is 0 Å². The molecule has 5 nitrogen and oxygen atoms in total. The minimum absolute atomic E-state index is 0.210. The van der Waals surface area contributed by atoms with E-state index in [0.717, 1.165) is 0 Å². The van der Waals surface area contributed by atoms with Gasteiger partial charge in [-0.3, -0.25) is 4.79 Å². The summed E-state index contributed by atoms with van der Waals surface area (Å²) in [5.74, 6) is -0.394. The average molecular weight is 300 g/mol. The molecule has 0 aromatic heterocycles. The second-order valence-corrected chi connectivity index (χ2v) is 4.78. The van der Waals surface area contributed by atoms with Crippen LogP contribution in [0.3, 0.4) is 0 Å². The Morgan fingerprint density at radius 1 is 1.35 bits per heavy atom.